The molecule has 19 heavy (non-hydrogen) atoms. The van der Waals surface area contributed by atoms with Crippen molar-refractivity contribution in [1.29, 1.82) is 0 Å². The molecule has 1 atom stereocenters. The molecule has 96 valence electrons. The third kappa shape index (κ3) is 2.26. The number of benzene rings is 2. The molecule has 1 N–H and O–H groups in total. The zero-order valence-electron chi connectivity index (χ0n) is 11.0. The van der Waals surface area contributed by atoms with E-state index in [2.05, 4.69) is 23.5 Å². The van der Waals surface area contributed by atoms with E-state index in [-0.39, 0.29) is 11.9 Å². The molecule has 2 nitrogen and oxygen atoms in total. The highest BCUT2D eigenvalue weighted by molar-refractivity contribution is 5.95. The van der Waals surface area contributed by atoms with Gasteiger partial charge in [-0.1, -0.05) is 42.5 Å². The van der Waals surface area contributed by atoms with Crippen molar-refractivity contribution in [3.63, 3.8) is 0 Å². The van der Waals surface area contributed by atoms with E-state index in [9.17, 15) is 4.79 Å². The first-order chi connectivity index (χ1) is 9.25. The van der Waals surface area contributed by atoms with Gasteiger partial charge in [0.2, 0.25) is 0 Å². The van der Waals surface area contributed by atoms with Crippen LogP contribution in [0.25, 0.3) is 0 Å². The molecule has 0 fully saturated rings. The van der Waals surface area contributed by atoms with E-state index in [0.717, 1.165) is 24.0 Å². The Balaban J connectivity index is 1.81. The number of aryl methyl sites for hydroxylation is 2. The zero-order valence-corrected chi connectivity index (χ0v) is 11.0. The van der Waals surface area contributed by atoms with Crippen LogP contribution in [0.3, 0.4) is 0 Å². The van der Waals surface area contributed by atoms with Crippen LogP contribution in [0.5, 0.6) is 0 Å². The van der Waals surface area contributed by atoms with E-state index in [1.165, 1.54) is 11.1 Å². The van der Waals surface area contributed by atoms with Crippen molar-refractivity contribution in [2.24, 2.45) is 0 Å². The minimum Gasteiger partial charge on any atom is -0.345 e. The Kier molecular flexibility index (Phi) is 3.08. The highest BCUT2D eigenvalue weighted by Crippen LogP contribution is 2.30. The molecule has 3 rings (SSSR count). The normalized spacial score (nSPS) is 17.0. The van der Waals surface area contributed by atoms with Gasteiger partial charge in [0.1, 0.15) is 0 Å². The van der Waals surface area contributed by atoms with Crippen LogP contribution in [0, 0.1) is 6.92 Å². The summed E-state index contributed by atoms with van der Waals surface area (Å²) >= 11 is 0. The summed E-state index contributed by atoms with van der Waals surface area (Å²) in [4.78, 5) is 12.3. The highest BCUT2D eigenvalue weighted by Gasteiger charge is 2.23. The van der Waals surface area contributed by atoms with E-state index in [4.69, 9.17) is 0 Å². The molecular formula is C17H17NO. The average Bonchev–Trinajstić information content (AvgIpc) is 2.83. The number of nitrogens with one attached hydrogen (secondary N) is 1. The van der Waals surface area contributed by atoms with Gasteiger partial charge in [-0.25, -0.2) is 0 Å². The maximum atomic E-state index is 12.3. The van der Waals surface area contributed by atoms with Gasteiger partial charge in [0.15, 0.2) is 0 Å². The fraction of sp³-hybridized carbons (Fsp3) is 0.235. The minimum absolute atomic E-state index is 0.0276. The lowest BCUT2D eigenvalue weighted by Gasteiger charge is -2.15. The molecule has 1 aliphatic rings. The van der Waals surface area contributed by atoms with Gasteiger partial charge in [-0.2, -0.15) is 0 Å². The maximum Gasteiger partial charge on any atom is 0.252 e. The van der Waals surface area contributed by atoms with Crippen LogP contribution in [0.15, 0.2) is 48.5 Å². The lowest BCUT2D eigenvalue weighted by Crippen LogP contribution is -2.27. The lowest BCUT2D eigenvalue weighted by atomic mass is 10.1. The van der Waals surface area contributed by atoms with Crippen molar-refractivity contribution in [2.45, 2.75) is 25.8 Å². The molecule has 2 heteroatoms. The molecule has 1 aliphatic carbocycles. The second-order valence-corrected chi connectivity index (χ2v) is 5.08. The predicted molar refractivity (Wildman–Crippen MR) is 76.1 cm³/mol. The number of fused-ring (bicyclic) bond motifs is 1. The third-order valence-corrected chi connectivity index (χ3v) is 3.83. The number of amides is 1. The van der Waals surface area contributed by atoms with Gasteiger partial charge in [0.05, 0.1) is 6.04 Å². The smallest absolute Gasteiger partial charge is 0.252 e. The fourth-order valence-electron chi connectivity index (χ4n) is 2.77. The Morgan fingerprint density at radius 1 is 1.11 bits per heavy atom. The summed E-state index contributed by atoms with van der Waals surface area (Å²) in [5, 5.41) is 3.15. The Hall–Kier alpha value is -2.09. The molecule has 1 amide bonds. The first kappa shape index (κ1) is 12.0. The van der Waals surface area contributed by atoms with E-state index in [0.29, 0.717) is 0 Å². The highest BCUT2D eigenvalue weighted by atomic mass is 16.1. The summed E-state index contributed by atoms with van der Waals surface area (Å²) in [5.74, 6) is 0.0276. The second-order valence-electron chi connectivity index (χ2n) is 5.08. The van der Waals surface area contributed by atoms with Gasteiger partial charge in [-0.15, -0.1) is 0 Å². The Morgan fingerprint density at radius 2 is 1.84 bits per heavy atom. The van der Waals surface area contributed by atoms with Crippen LogP contribution in [0.2, 0.25) is 0 Å². The molecule has 0 saturated heterocycles. The molecule has 0 radical (unpaired) electrons. The SMILES string of the molecule is Cc1ccccc1C(=O)NC1CCc2ccccc21. The minimum atomic E-state index is 0.0276. The maximum absolute atomic E-state index is 12.3. The number of carbonyl (C=O) groups is 1. The van der Waals surface area contributed by atoms with E-state index in [1.807, 2.05) is 37.3 Å². The summed E-state index contributed by atoms with van der Waals surface area (Å²) in [6.45, 7) is 1.97. The van der Waals surface area contributed by atoms with Crippen LogP contribution in [-0.4, -0.2) is 5.91 Å². The van der Waals surface area contributed by atoms with Crippen molar-refractivity contribution in [1.82, 2.24) is 5.32 Å². The van der Waals surface area contributed by atoms with Gasteiger partial charge in [-0.05, 0) is 42.5 Å². The van der Waals surface area contributed by atoms with E-state index < -0.39 is 0 Å². The summed E-state index contributed by atoms with van der Waals surface area (Å²) in [5.41, 5.74) is 4.42. The summed E-state index contributed by atoms with van der Waals surface area (Å²) in [6, 6.07) is 16.2. The Bertz CT molecular complexity index is 618. The van der Waals surface area contributed by atoms with Crippen molar-refractivity contribution in [3.05, 3.63) is 70.8 Å². The van der Waals surface area contributed by atoms with Crippen LogP contribution >= 0.6 is 0 Å². The monoisotopic (exact) mass is 251 g/mol. The van der Waals surface area contributed by atoms with Crippen LogP contribution in [0.1, 0.15) is 39.5 Å². The second kappa shape index (κ2) is 4.88. The largest absolute Gasteiger partial charge is 0.345 e. The van der Waals surface area contributed by atoms with Gasteiger partial charge in [-0.3, -0.25) is 4.79 Å². The van der Waals surface area contributed by atoms with Gasteiger partial charge < -0.3 is 5.32 Å². The molecule has 0 aromatic heterocycles. The van der Waals surface area contributed by atoms with Crippen molar-refractivity contribution >= 4 is 5.91 Å². The third-order valence-electron chi connectivity index (χ3n) is 3.83. The first-order valence-electron chi connectivity index (χ1n) is 6.70. The van der Waals surface area contributed by atoms with Crippen molar-refractivity contribution < 1.29 is 4.79 Å². The number of hydrogen-bond acceptors (Lipinski definition) is 1. The van der Waals surface area contributed by atoms with Crippen LogP contribution in [0.4, 0.5) is 0 Å². The molecule has 0 saturated carbocycles. The number of rotatable bonds is 2. The molecule has 0 aliphatic heterocycles. The van der Waals surface area contributed by atoms with E-state index >= 15 is 0 Å². The molecular weight excluding hydrogens is 234 g/mol. The first-order valence-corrected chi connectivity index (χ1v) is 6.70. The van der Waals surface area contributed by atoms with Crippen molar-refractivity contribution in [2.75, 3.05) is 0 Å². The summed E-state index contributed by atoms with van der Waals surface area (Å²) in [7, 11) is 0. The molecule has 1 unspecified atom stereocenters. The zero-order chi connectivity index (χ0) is 13.2. The Labute approximate surface area is 113 Å². The molecule has 0 heterocycles. The quantitative estimate of drug-likeness (QED) is 0.870. The fourth-order valence-corrected chi connectivity index (χ4v) is 2.77. The van der Waals surface area contributed by atoms with Crippen LogP contribution < -0.4 is 5.32 Å². The molecule has 0 bridgehead atoms. The summed E-state index contributed by atoms with van der Waals surface area (Å²) < 4.78 is 0. The lowest BCUT2D eigenvalue weighted by molar-refractivity contribution is 0.0936. The topological polar surface area (TPSA) is 29.1 Å². The van der Waals surface area contributed by atoms with E-state index in [1.54, 1.807) is 0 Å². The molecule has 2 aromatic carbocycles. The van der Waals surface area contributed by atoms with Crippen molar-refractivity contribution in [3.8, 4) is 0 Å². The predicted octanol–water partition coefficient (Wildman–Crippen LogP) is 3.41. The molecule has 2 aromatic rings. The van der Waals surface area contributed by atoms with Gasteiger partial charge >= 0.3 is 0 Å². The number of hydrogen-bond donors (Lipinski definition) is 1. The van der Waals surface area contributed by atoms with Crippen LogP contribution in [-0.2, 0) is 6.42 Å². The number of carbonyl (C=O) groups excluding carboxylic acids is 1. The average molecular weight is 251 g/mol. The van der Waals surface area contributed by atoms with Gasteiger partial charge in [0.25, 0.3) is 5.91 Å². The van der Waals surface area contributed by atoms with Gasteiger partial charge in [0, 0.05) is 5.56 Å². The Morgan fingerprint density at radius 3 is 2.68 bits per heavy atom. The molecule has 0 spiro atoms. The standard InChI is InChI=1S/C17H17NO/c1-12-6-2-4-8-14(12)17(19)18-16-11-10-13-7-3-5-9-15(13)16/h2-9,16H,10-11H2,1H3,(H,18,19). The summed E-state index contributed by atoms with van der Waals surface area (Å²) in [6.07, 6.45) is 2.05.